The van der Waals surface area contributed by atoms with Crippen molar-refractivity contribution in [2.75, 3.05) is 13.1 Å². The van der Waals surface area contributed by atoms with Crippen molar-refractivity contribution in [2.24, 2.45) is 0 Å². The topological polar surface area (TPSA) is 54.7 Å². The van der Waals surface area contributed by atoms with E-state index in [2.05, 4.69) is 0 Å². The summed E-state index contributed by atoms with van der Waals surface area (Å²) in [6, 6.07) is 11.2. The van der Waals surface area contributed by atoms with Crippen LogP contribution in [0.25, 0.3) is 21.8 Å². The average molecular weight is 435 g/mol. The quantitative estimate of drug-likeness (QED) is 0.528. The third-order valence-corrected chi connectivity index (χ3v) is 5.68. The molecule has 2 heterocycles. The van der Waals surface area contributed by atoms with Crippen LogP contribution in [0.4, 0.5) is 4.79 Å². The van der Waals surface area contributed by atoms with Gasteiger partial charge in [0.2, 0.25) is 0 Å². The van der Waals surface area contributed by atoms with Crippen LogP contribution < -0.4 is 0 Å². The number of halogens is 2. The van der Waals surface area contributed by atoms with Crippen LogP contribution in [0.5, 0.6) is 0 Å². The van der Waals surface area contributed by atoms with Crippen molar-refractivity contribution in [3.63, 3.8) is 0 Å². The van der Waals surface area contributed by atoms with Gasteiger partial charge in [-0.2, -0.15) is 0 Å². The number of benzene rings is 2. The molecule has 0 aliphatic carbocycles. The first-order valence-corrected chi connectivity index (χ1v) is 10.4. The molecule has 1 amide bonds. The second-order valence-electron chi connectivity index (χ2n) is 8.65. The van der Waals surface area contributed by atoms with Crippen molar-refractivity contribution in [3.05, 3.63) is 46.4 Å². The Morgan fingerprint density at radius 2 is 1.62 bits per heavy atom. The Morgan fingerprint density at radius 1 is 1.07 bits per heavy atom. The number of rotatable bonds is 1. The molecule has 4 rings (SSSR count). The predicted molar refractivity (Wildman–Crippen MR) is 117 cm³/mol. The Balaban J connectivity index is 1.83. The van der Waals surface area contributed by atoms with E-state index < -0.39 is 17.4 Å². The molecule has 0 saturated carbocycles. The van der Waals surface area contributed by atoms with Crippen LogP contribution >= 0.6 is 23.2 Å². The number of carbonyl (C=O) groups is 1. The lowest BCUT2D eigenvalue weighted by Gasteiger charge is -2.41. The van der Waals surface area contributed by atoms with Gasteiger partial charge in [-0.15, -0.1) is 0 Å². The number of β-amino-alcohol motifs (C(OH)–C–C–N with tert-alkyl or cyclic N) is 1. The molecule has 3 aromatic rings. The molecule has 2 aromatic carbocycles. The summed E-state index contributed by atoms with van der Waals surface area (Å²) in [5, 5.41) is 14.8. The molecule has 5 nitrogen and oxygen atoms in total. The third kappa shape index (κ3) is 3.79. The van der Waals surface area contributed by atoms with Gasteiger partial charge in [0.1, 0.15) is 5.60 Å². The van der Waals surface area contributed by atoms with Crippen molar-refractivity contribution < 1.29 is 14.6 Å². The molecule has 0 bridgehead atoms. The summed E-state index contributed by atoms with van der Waals surface area (Å²) in [5.74, 6) is 0. The summed E-state index contributed by atoms with van der Waals surface area (Å²) in [4.78, 5) is 14.2. The predicted octanol–water partition coefficient (Wildman–Crippen LogP) is 5.78. The van der Waals surface area contributed by atoms with Gasteiger partial charge in [0, 0.05) is 27.4 Å². The van der Waals surface area contributed by atoms with Gasteiger partial charge in [-0.05, 0) is 70.0 Å². The highest BCUT2D eigenvalue weighted by atomic mass is 35.5. The van der Waals surface area contributed by atoms with Crippen LogP contribution in [0.2, 0.25) is 10.0 Å². The van der Waals surface area contributed by atoms with Crippen LogP contribution in [0.15, 0.2) is 36.4 Å². The second kappa shape index (κ2) is 7.08. The zero-order valence-corrected chi connectivity index (χ0v) is 18.2. The van der Waals surface area contributed by atoms with Gasteiger partial charge in [-0.25, -0.2) is 4.79 Å². The maximum Gasteiger partial charge on any atom is 0.410 e. The van der Waals surface area contributed by atoms with Crippen LogP contribution in [0, 0.1) is 0 Å². The Labute approximate surface area is 179 Å². The lowest BCUT2D eigenvalue weighted by atomic mass is 10.0. The lowest BCUT2D eigenvalue weighted by molar-refractivity contribution is -0.0897. The van der Waals surface area contributed by atoms with Crippen molar-refractivity contribution >= 4 is 51.1 Å². The molecule has 1 atom stereocenters. The van der Waals surface area contributed by atoms with Crippen LogP contribution in [0.1, 0.15) is 33.6 Å². The molecule has 1 N–H and O–H groups in total. The number of amides is 1. The number of hydrogen-bond donors (Lipinski definition) is 1. The molecule has 7 heteroatoms. The molecular weight excluding hydrogens is 411 g/mol. The van der Waals surface area contributed by atoms with Crippen molar-refractivity contribution in [3.8, 4) is 0 Å². The van der Waals surface area contributed by atoms with Gasteiger partial charge in [-0.1, -0.05) is 23.2 Å². The number of ether oxygens (including phenoxy) is 1. The van der Waals surface area contributed by atoms with E-state index in [9.17, 15) is 9.90 Å². The largest absolute Gasteiger partial charge is 0.444 e. The van der Waals surface area contributed by atoms with E-state index in [1.165, 1.54) is 0 Å². The van der Waals surface area contributed by atoms with Gasteiger partial charge in [0.15, 0.2) is 5.72 Å². The number of aromatic nitrogens is 1. The fourth-order valence-corrected chi connectivity index (χ4v) is 4.44. The number of carbonyl (C=O) groups excluding carboxylic acids is 1. The van der Waals surface area contributed by atoms with E-state index in [4.69, 9.17) is 27.9 Å². The number of fused-ring (bicyclic) bond motifs is 3. The molecule has 1 saturated heterocycles. The van der Waals surface area contributed by atoms with Crippen LogP contribution in [-0.4, -0.2) is 39.4 Å². The fraction of sp³-hybridized carbons (Fsp3) is 0.409. The number of likely N-dealkylation sites (tertiary alicyclic amines) is 1. The molecule has 0 spiro atoms. The van der Waals surface area contributed by atoms with Gasteiger partial charge in [0.25, 0.3) is 0 Å². The summed E-state index contributed by atoms with van der Waals surface area (Å²) >= 11 is 12.5. The molecule has 29 heavy (non-hydrogen) atoms. The second-order valence-corrected chi connectivity index (χ2v) is 9.52. The number of nitrogens with zero attached hydrogens (tertiary/aromatic N) is 2. The summed E-state index contributed by atoms with van der Waals surface area (Å²) in [7, 11) is 0. The van der Waals surface area contributed by atoms with E-state index in [0.29, 0.717) is 29.4 Å². The molecule has 154 valence electrons. The maximum atomic E-state index is 12.6. The molecular formula is C22H24Cl2N2O3. The normalized spacial score (nSPS) is 20.4. The van der Waals surface area contributed by atoms with E-state index in [1.54, 1.807) is 17.0 Å². The van der Waals surface area contributed by atoms with Crippen LogP contribution in [-0.2, 0) is 10.5 Å². The molecule has 1 aliphatic rings. The minimum absolute atomic E-state index is 0.145. The first-order chi connectivity index (χ1) is 13.6. The van der Waals surface area contributed by atoms with E-state index >= 15 is 0 Å². The molecule has 1 fully saturated rings. The zero-order valence-electron chi connectivity index (χ0n) is 16.7. The summed E-state index contributed by atoms with van der Waals surface area (Å²) in [6.45, 7) is 6.20. The van der Waals surface area contributed by atoms with Crippen molar-refractivity contribution in [2.45, 2.75) is 44.9 Å². The van der Waals surface area contributed by atoms with Crippen molar-refractivity contribution in [1.29, 1.82) is 0 Å². The Morgan fingerprint density at radius 3 is 2.14 bits per heavy atom. The number of hydrogen-bond acceptors (Lipinski definition) is 3. The molecule has 1 aromatic heterocycles. The van der Waals surface area contributed by atoms with E-state index in [-0.39, 0.29) is 6.54 Å². The smallest absolute Gasteiger partial charge is 0.410 e. The standard InChI is InChI=1S/C22H24Cl2N2O3/c1-21(2,3)29-20(27)25-10-4-9-22(28,13-25)26-18-7-5-14(23)11-16(18)17-12-15(24)6-8-19(17)26/h5-8,11-12,28H,4,9-10,13H2,1-3H3. The minimum Gasteiger partial charge on any atom is -0.444 e. The van der Waals surface area contributed by atoms with Gasteiger partial charge in [0.05, 0.1) is 17.6 Å². The summed E-state index contributed by atoms with van der Waals surface area (Å²) in [5.41, 5.74) is -0.163. The average Bonchev–Trinajstić information content (AvgIpc) is 2.94. The first kappa shape index (κ1) is 20.3. The monoisotopic (exact) mass is 434 g/mol. The minimum atomic E-state index is -1.27. The summed E-state index contributed by atoms with van der Waals surface area (Å²) < 4.78 is 7.43. The van der Waals surface area contributed by atoms with Crippen molar-refractivity contribution in [1.82, 2.24) is 9.47 Å². The highest BCUT2D eigenvalue weighted by molar-refractivity contribution is 6.33. The lowest BCUT2D eigenvalue weighted by Crippen LogP contribution is -2.52. The third-order valence-electron chi connectivity index (χ3n) is 5.21. The highest BCUT2D eigenvalue weighted by Gasteiger charge is 2.40. The van der Waals surface area contributed by atoms with E-state index in [0.717, 1.165) is 21.8 Å². The first-order valence-electron chi connectivity index (χ1n) is 9.67. The van der Waals surface area contributed by atoms with Gasteiger partial charge >= 0.3 is 6.09 Å². The Bertz CT molecular complexity index is 1040. The zero-order chi connectivity index (χ0) is 21.0. The highest BCUT2D eigenvalue weighted by Crippen LogP contribution is 2.39. The molecule has 1 unspecified atom stereocenters. The summed E-state index contributed by atoms with van der Waals surface area (Å²) in [6.07, 6.45) is 0.775. The number of piperidine rings is 1. The van der Waals surface area contributed by atoms with Gasteiger partial charge in [-0.3, -0.25) is 0 Å². The molecule has 1 aliphatic heterocycles. The fourth-order valence-electron chi connectivity index (χ4n) is 4.10. The van der Waals surface area contributed by atoms with Gasteiger partial charge < -0.3 is 19.3 Å². The maximum absolute atomic E-state index is 12.6. The SMILES string of the molecule is CC(C)(C)OC(=O)N1CCCC(O)(n2c3ccc(Cl)cc3c3cc(Cl)ccc32)C1. The Hall–Kier alpha value is -1.95. The molecule has 0 radical (unpaired) electrons. The van der Waals surface area contributed by atoms with Crippen LogP contribution in [0.3, 0.4) is 0 Å². The Kier molecular flexibility index (Phi) is 4.96. The van der Waals surface area contributed by atoms with E-state index in [1.807, 2.05) is 49.6 Å². The number of aliphatic hydroxyl groups is 1.